The standard InChI is InChI=1S/C15H13ClN4O/c1-10-8-18-14(21-10)9-17-13-7-12(16)19-15(20-13)11-5-3-2-4-6-11/h2-8H,9H2,1H3,(H,17,19,20). The molecule has 1 N–H and O–H groups in total. The highest BCUT2D eigenvalue weighted by atomic mass is 35.5. The molecule has 0 bridgehead atoms. The summed E-state index contributed by atoms with van der Waals surface area (Å²) in [6.07, 6.45) is 1.68. The minimum atomic E-state index is 0.384. The molecule has 0 aliphatic heterocycles. The van der Waals surface area contributed by atoms with Crippen LogP contribution >= 0.6 is 11.6 Å². The van der Waals surface area contributed by atoms with Gasteiger partial charge in [-0.15, -0.1) is 0 Å². The van der Waals surface area contributed by atoms with Gasteiger partial charge in [0, 0.05) is 11.6 Å². The maximum Gasteiger partial charge on any atom is 0.213 e. The summed E-state index contributed by atoms with van der Waals surface area (Å²) in [4.78, 5) is 12.8. The fraction of sp³-hybridized carbons (Fsp3) is 0.133. The van der Waals surface area contributed by atoms with Crippen LogP contribution in [-0.2, 0) is 6.54 Å². The van der Waals surface area contributed by atoms with Gasteiger partial charge in [-0.1, -0.05) is 41.9 Å². The van der Waals surface area contributed by atoms with Crippen LogP contribution in [0, 0.1) is 6.92 Å². The monoisotopic (exact) mass is 300 g/mol. The second-order valence-electron chi connectivity index (χ2n) is 4.48. The number of anilines is 1. The summed E-state index contributed by atoms with van der Waals surface area (Å²) >= 11 is 6.06. The quantitative estimate of drug-likeness (QED) is 0.744. The topological polar surface area (TPSA) is 63.8 Å². The lowest BCUT2D eigenvalue weighted by atomic mass is 10.2. The molecule has 3 rings (SSSR count). The van der Waals surface area contributed by atoms with E-state index in [1.54, 1.807) is 12.3 Å². The summed E-state index contributed by atoms with van der Waals surface area (Å²) < 4.78 is 5.40. The molecule has 1 aromatic carbocycles. The molecular weight excluding hydrogens is 288 g/mol. The Bertz CT molecular complexity index is 742. The Morgan fingerprint density at radius 2 is 2.00 bits per heavy atom. The summed E-state index contributed by atoms with van der Waals surface area (Å²) in [5, 5.41) is 3.52. The summed E-state index contributed by atoms with van der Waals surface area (Å²) in [5.74, 6) is 2.58. The average molecular weight is 301 g/mol. The fourth-order valence-corrected chi connectivity index (χ4v) is 2.06. The van der Waals surface area contributed by atoms with Gasteiger partial charge in [0.15, 0.2) is 5.82 Å². The largest absolute Gasteiger partial charge is 0.444 e. The number of aryl methyl sites for hydroxylation is 1. The number of hydrogen-bond donors (Lipinski definition) is 1. The third kappa shape index (κ3) is 3.38. The van der Waals surface area contributed by atoms with Crippen molar-refractivity contribution in [3.8, 4) is 11.4 Å². The fourth-order valence-electron chi connectivity index (χ4n) is 1.87. The van der Waals surface area contributed by atoms with Crippen LogP contribution in [0.1, 0.15) is 11.7 Å². The second kappa shape index (κ2) is 5.93. The van der Waals surface area contributed by atoms with Crippen molar-refractivity contribution >= 4 is 17.4 Å². The van der Waals surface area contributed by atoms with Crippen LogP contribution in [0.5, 0.6) is 0 Å². The molecule has 106 valence electrons. The predicted molar refractivity (Wildman–Crippen MR) is 81.0 cm³/mol. The normalized spacial score (nSPS) is 10.6. The third-order valence-electron chi connectivity index (χ3n) is 2.82. The number of nitrogens with zero attached hydrogens (tertiary/aromatic N) is 3. The molecule has 0 amide bonds. The van der Waals surface area contributed by atoms with E-state index in [1.165, 1.54) is 0 Å². The van der Waals surface area contributed by atoms with Crippen molar-refractivity contribution in [1.29, 1.82) is 0 Å². The molecule has 0 spiro atoms. The van der Waals surface area contributed by atoms with Gasteiger partial charge in [0.1, 0.15) is 16.7 Å². The number of nitrogens with one attached hydrogen (secondary N) is 1. The van der Waals surface area contributed by atoms with Crippen LogP contribution in [0.25, 0.3) is 11.4 Å². The van der Waals surface area contributed by atoms with Gasteiger partial charge in [-0.25, -0.2) is 15.0 Å². The highest BCUT2D eigenvalue weighted by molar-refractivity contribution is 6.29. The molecule has 0 unspecified atom stereocenters. The first-order valence-corrected chi connectivity index (χ1v) is 6.84. The van der Waals surface area contributed by atoms with Gasteiger partial charge in [0.2, 0.25) is 5.89 Å². The molecule has 2 aromatic heterocycles. The second-order valence-corrected chi connectivity index (χ2v) is 4.87. The van der Waals surface area contributed by atoms with Crippen LogP contribution in [0.4, 0.5) is 5.82 Å². The van der Waals surface area contributed by atoms with Gasteiger partial charge >= 0.3 is 0 Å². The van der Waals surface area contributed by atoms with Crippen molar-refractivity contribution in [2.45, 2.75) is 13.5 Å². The van der Waals surface area contributed by atoms with E-state index in [0.717, 1.165) is 11.3 Å². The lowest BCUT2D eigenvalue weighted by Crippen LogP contribution is -2.03. The molecule has 6 heteroatoms. The number of benzene rings is 1. The van der Waals surface area contributed by atoms with Crippen LogP contribution in [0.15, 0.2) is 47.0 Å². The van der Waals surface area contributed by atoms with Crippen molar-refractivity contribution < 1.29 is 4.42 Å². The van der Waals surface area contributed by atoms with E-state index >= 15 is 0 Å². The molecule has 0 fully saturated rings. The minimum Gasteiger partial charge on any atom is -0.444 e. The molecular formula is C15H13ClN4O. The smallest absolute Gasteiger partial charge is 0.213 e. The Morgan fingerprint density at radius 3 is 2.71 bits per heavy atom. The van der Waals surface area contributed by atoms with Crippen molar-refractivity contribution in [3.05, 3.63) is 59.4 Å². The lowest BCUT2D eigenvalue weighted by Gasteiger charge is -2.06. The molecule has 3 aromatic rings. The molecule has 0 aliphatic rings. The number of aromatic nitrogens is 3. The molecule has 0 radical (unpaired) electrons. The maximum atomic E-state index is 6.06. The van der Waals surface area contributed by atoms with Gasteiger partial charge in [0.25, 0.3) is 0 Å². The van der Waals surface area contributed by atoms with Crippen LogP contribution < -0.4 is 5.32 Å². The zero-order valence-corrected chi connectivity index (χ0v) is 12.1. The SMILES string of the molecule is Cc1cnc(CNc2cc(Cl)nc(-c3ccccc3)n2)o1. The van der Waals surface area contributed by atoms with Crippen molar-refractivity contribution in [3.63, 3.8) is 0 Å². The van der Waals surface area contributed by atoms with Gasteiger partial charge in [-0.05, 0) is 6.92 Å². The van der Waals surface area contributed by atoms with Crippen LogP contribution in [0.2, 0.25) is 5.15 Å². The Kier molecular flexibility index (Phi) is 3.83. The van der Waals surface area contributed by atoms with Crippen molar-refractivity contribution in [2.24, 2.45) is 0 Å². The molecule has 0 aliphatic carbocycles. The average Bonchev–Trinajstić information content (AvgIpc) is 2.91. The van der Waals surface area contributed by atoms with Gasteiger partial charge < -0.3 is 9.73 Å². The molecule has 0 saturated carbocycles. The van der Waals surface area contributed by atoms with Crippen molar-refractivity contribution in [2.75, 3.05) is 5.32 Å². The Hall–Kier alpha value is -2.40. The van der Waals surface area contributed by atoms with Crippen molar-refractivity contribution in [1.82, 2.24) is 15.0 Å². The van der Waals surface area contributed by atoms with E-state index in [0.29, 0.717) is 29.2 Å². The first kappa shape index (κ1) is 13.6. The predicted octanol–water partition coefficient (Wildman–Crippen LogP) is 3.71. The van der Waals surface area contributed by atoms with E-state index in [2.05, 4.69) is 20.3 Å². The molecule has 0 atom stereocenters. The number of rotatable bonds is 4. The summed E-state index contributed by atoms with van der Waals surface area (Å²) in [6, 6.07) is 11.4. The van der Waals surface area contributed by atoms with E-state index in [-0.39, 0.29) is 0 Å². The Morgan fingerprint density at radius 1 is 1.19 bits per heavy atom. The number of halogens is 1. The van der Waals surface area contributed by atoms with Gasteiger partial charge in [-0.2, -0.15) is 0 Å². The first-order valence-electron chi connectivity index (χ1n) is 6.46. The molecule has 5 nitrogen and oxygen atoms in total. The van der Waals surface area contributed by atoms with Gasteiger partial charge in [0.05, 0.1) is 12.7 Å². The Labute approximate surface area is 127 Å². The molecule has 21 heavy (non-hydrogen) atoms. The zero-order valence-electron chi connectivity index (χ0n) is 11.4. The van der Waals surface area contributed by atoms with E-state index < -0.39 is 0 Å². The summed E-state index contributed by atoms with van der Waals surface area (Å²) in [6.45, 7) is 2.29. The first-order chi connectivity index (χ1) is 10.2. The molecule has 2 heterocycles. The lowest BCUT2D eigenvalue weighted by molar-refractivity contribution is 0.479. The summed E-state index contributed by atoms with van der Waals surface area (Å²) in [5.41, 5.74) is 0.912. The van der Waals surface area contributed by atoms with Gasteiger partial charge in [-0.3, -0.25) is 0 Å². The number of hydrogen-bond acceptors (Lipinski definition) is 5. The third-order valence-corrected chi connectivity index (χ3v) is 3.01. The van der Waals surface area contributed by atoms with Crippen LogP contribution in [-0.4, -0.2) is 15.0 Å². The zero-order chi connectivity index (χ0) is 14.7. The highest BCUT2D eigenvalue weighted by Crippen LogP contribution is 2.20. The van der Waals surface area contributed by atoms with E-state index in [9.17, 15) is 0 Å². The molecule has 0 saturated heterocycles. The minimum absolute atomic E-state index is 0.384. The Balaban J connectivity index is 1.81. The van der Waals surface area contributed by atoms with E-state index in [4.69, 9.17) is 16.0 Å². The van der Waals surface area contributed by atoms with E-state index in [1.807, 2.05) is 37.3 Å². The number of oxazole rings is 1. The highest BCUT2D eigenvalue weighted by Gasteiger charge is 2.07. The maximum absolute atomic E-state index is 6.06. The summed E-state index contributed by atoms with van der Waals surface area (Å²) in [7, 11) is 0. The van der Waals surface area contributed by atoms with Crippen LogP contribution in [0.3, 0.4) is 0 Å².